The summed E-state index contributed by atoms with van der Waals surface area (Å²) < 4.78 is 4.89. The lowest BCUT2D eigenvalue weighted by Gasteiger charge is -2.30. The predicted octanol–water partition coefficient (Wildman–Crippen LogP) is 31.7. The summed E-state index contributed by atoms with van der Waals surface area (Å²) in [6.45, 7) is 0. The van der Waals surface area contributed by atoms with Gasteiger partial charge in [0.1, 0.15) is 0 Å². The molecule has 550 valence electrons. The van der Waals surface area contributed by atoms with E-state index in [1.807, 2.05) is 0 Å². The van der Waals surface area contributed by atoms with Crippen LogP contribution in [0.2, 0.25) is 0 Å². The topological polar surface area (TPSA) is 16.3 Å². The zero-order valence-corrected chi connectivity index (χ0v) is 64.5. The van der Waals surface area contributed by atoms with Crippen LogP contribution in [-0.2, 0) is 0 Å². The molecule has 21 aromatic carbocycles. The lowest BCUT2D eigenvalue weighted by atomic mass is 9.95. The fraction of sp³-hybridized carbons (Fsp3) is 0. The summed E-state index contributed by atoms with van der Waals surface area (Å²) in [7, 11) is 0. The number of benzene rings is 21. The van der Waals surface area contributed by atoms with E-state index < -0.39 is 0 Å². The molecule has 0 amide bonds. The Labute approximate surface area is 683 Å². The van der Waals surface area contributed by atoms with E-state index >= 15 is 0 Å². The van der Waals surface area contributed by atoms with Crippen molar-refractivity contribution in [2.24, 2.45) is 0 Å². The Bertz CT molecular complexity index is 7150. The number of fused-ring (bicyclic) bond motifs is 12. The van der Waals surface area contributed by atoms with Gasteiger partial charge in [0, 0.05) is 66.4 Å². The third-order valence-electron chi connectivity index (χ3n) is 24.5. The third-order valence-corrected chi connectivity index (χ3v) is 24.5. The van der Waals surface area contributed by atoms with Crippen LogP contribution < -0.4 is 9.80 Å². The number of hydrogen-bond donors (Lipinski definition) is 0. The number of aromatic nitrogens is 2. The molecule has 0 unspecified atom stereocenters. The number of hydrogen-bond acceptors (Lipinski definition) is 2. The molecule has 0 radical (unpaired) electrons. The van der Waals surface area contributed by atoms with Crippen molar-refractivity contribution in [2.75, 3.05) is 9.80 Å². The van der Waals surface area contributed by atoms with E-state index in [2.05, 4.69) is 468 Å². The van der Waals surface area contributed by atoms with Crippen molar-refractivity contribution in [3.63, 3.8) is 0 Å². The van der Waals surface area contributed by atoms with E-state index in [1.165, 1.54) is 120 Å². The predicted molar refractivity (Wildman–Crippen MR) is 502 cm³/mol. The summed E-state index contributed by atoms with van der Waals surface area (Å²) in [5.74, 6) is 0. The Balaban J connectivity index is 0.589. The van der Waals surface area contributed by atoms with E-state index in [1.54, 1.807) is 0 Å². The second-order valence-corrected chi connectivity index (χ2v) is 31.1. The average Bonchev–Trinajstić information content (AvgIpc) is 1.57. The minimum Gasteiger partial charge on any atom is -0.310 e. The van der Waals surface area contributed by atoms with Crippen LogP contribution in [0, 0.1) is 0 Å². The van der Waals surface area contributed by atoms with Crippen LogP contribution in [0.4, 0.5) is 34.1 Å². The molecule has 2 heterocycles. The van der Waals surface area contributed by atoms with Crippen LogP contribution in [0.5, 0.6) is 0 Å². The molecule has 4 heteroatoms. The molecule has 0 bridgehead atoms. The molecule has 0 aliphatic rings. The van der Waals surface area contributed by atoms with Gasteiger partial charge >= 0.3 is 0 Å². The largest absolute Gasteiger partial charge is 0.310 e. The van der Waals surface area contributed by atoms with Crippen molar-refractivity contribution in [3.05, 3.63) is 449 Å². The first-order valence-corrected chi connectivity index (χ1v) is 40.7. The molecule has 0 N–H and O–H groups in total. The van der Waals surface area contributed by atoms with Gasteiger partial charge in [0.25, 0.3) is 0 Å². The molecule has 23 rings (SSSR count). The summed E-state index contributed by atoms with van der Waals surface area (Å²) >= 11 is 0. The Morgan fingerprint density at radius 2 is 0.373 bits per heavy atom. The molecular formula is C114H74N4. The van der Waals surface area contributed by atoms with E-state index in [4.69, 9.17) is 0 Å². The van der Waals surface area contributed by atoms with Crippen LogP contribution in [0.1, 0.15) is 0 Å². The van der Waals surface area contributed by atoms with E-state index in [0.717, 1.165) is 101 Å². The average molecular weight is 1500 g/mol. The van der Waals surface area contributed by atoms with Crippen LogP contribution in [0.3, 0.4) is 0 Å². The van der Waals surface area contributed by atoms with Crippen molar-refractivity contribution in [2.45, 2.75) is 0 Å². The molecule has 2 aromatic heterocycles. The molecule has 0 saturated heterocycles. The SMILES string of the molecule is c1cc(N(c2ccc(-c3ccc(-n4c5ccc(-c6cccc7ccccc67)cc5c5cc(-c6cccc7ccccc67)ccc54)cc3)cc2)c2cccc3ccccc23)cc(N(c2ccc(-c3ccc(-n4c5ccc(-c6cccc7ccccc67)cc5c5cc(-c6cccc7ccccc67)ccc54)cc3)cc2)c2cccc3ccccc23)c1. The highest BCUT2D eigenvalue weighted by atomic mass is 15.2. The second kappa shape index (κ2) is 28.2. The Kier molecular flexibility index (Phi) is 16.2. The van der Waals surface area contributed by atoms with Gasteiger partial charge in [-0.15, -0.1) is 0 Å². The molecular weight excluding hydrogens is 1430 g/mol. The Hall–Kier alpha value is -15.6. The van der Waals surface area contributed by atoms with Crippen molar-refractivity contribution in [1.82, 2.24) is 9.13 Å². The van der Waals surface area contributed by atoms with Gasteiger partial charge < -0.3 is 18.9 Å². The molecule has 0 aliphatic carbocycles. The van der Waals surface area contributed by atoms with Gasteiger partial charge in [-0.05, 0) is 248 Å². The zero-order valence-electron chi connectivity index (χ0n) is 64.5. The first-order chi connectivity index (χ1) is 58.5. The minimum atomic E-state index is 1.03. The van der Waals surface area contributed by atoms with Crippen LogP contribution in [-0.4, -0.2) is 9.13 Å². The molecule has 0 saturated carbocycles. The van der Waals surface area contributed by atoms with Crippen molar-refractivity contribution >= 4 is 142 Å². The molecule has 118 heavy (non-hydrogen) atoms. The highest BCUT2D eigenvalue weighted by Crippen LogP contribution is 2.48. The highest BCUT2D eigenvalue weighted by Gasteiger charge is 2.24. The van der Waals surface area contributed by atoms with E-state index in [9.17, 15) is 0 Å². The second-order valence-electron chi connectivity index (χ2n) is 31.1. The lowest BCUT2D eigenvalue weighted by molar-refractivity contribution is 1.18. The highest BCUT2D eigenvalue weighted by molar-refractivity contribution is 6.16. The van der Waals surface area contributed by atoms with Gasteiger partial charge in [-0.1, -0.05) is 322 Å². The van der Waals surface area contributed by atoms with Crippen molar-refractivity contribution < 1.29 is 0 Å². The lowest BCUT2D eigenvalue weighted by Crippen LogP contribution is -2.13. The maximum atomic E-state index is 2.45. The van der Waals surface area contributed by atoms with Gasteiger partial charge in [0.05, 0.1) is 33.4 Å². The zero-order chi connectivity index (χ0) is 77.7. The number of anilines is 6. The van der Waals surface area contributed by atoms with Gasteiger partial charge in [-0.25, -0.2) is 0 Å². The maximum absolute atomic E-state index is 2.45. The fourth-order valence-corrected chi connectivity index (χ4v) is 18.8. The van der Waals surface area contributed by atoms with E-state index in [0.29, 0.717) is 0 Å². The fourth-order valence-electron chi connectivity index (χ4n) is 18.8. The molecule has 0 atom stereocenters. The number of nitrogens with zero attached hydrogens (tertiary/aromatic N) is 4. The quantitative estimate of drug-likeness (QED) is 0.108. The standard InChI is InChI=1S/C114H74N4/c1-7-34-95-79(20-1)26-13-40-99(95)85-54-66-111-105(70-85)106-71-86(100-41-14-27-80-21-2-8-35-96(80)100)55-67-112(106)117(111)91-62-50-77(51-63-91)75-46-58-89(59-47-75)115(109-44-17-30-83-24-5-11-38-103(83)109)93-32-19-33-94(74-93)116(110-45-18-31-84-25-6-12-39-104(84)110)90-60-48-76(49-61-90)78-52-64-92(65-53-78)118-113-68-56-87(101-42-15-28-81-22-3-9-36-97(81)101)72-107(113)108-73-88(57-69-114(108)118)102-43-16-29-82-23-4-10-37-98(82)102/h1-74H. The van der Waals surface area contributed by atoms with Crippen LogP contribution >= 0.6 is 0 Å². The first kappa shape index (κ1) is 68.0. The third kappa shape index (κ3) is 11.6. The summed E-state index contributed by atoms with van der Waals surface area (Å²) in [6, 6.07) is 166. The summed E-state index contributed by atoms with van der Waals surface area (Å²) in [5.41, 5.74) is 27.5. The van der Waals surface area contributed by atoms with Gasteiger partial charge in [0.2, 0.25) is 0 Å². The van der Waals surface area contributed by atoms with Crippen molar-refractivity contribution in [3.8, 4) is 78.1 Å². The van der Waals surface area contributed by atoms with Gasteiger partial charge in [-0.3, -0.25) is 0 Å². The normalized spacial score (nSPS) is 11.7. The Morgan fingerprint density at radius 3 is 0.669 bits per heavy atom. The monoisotopic (exact) mass is 1500 g/mol. The van der Waals surface area contributed by atoms with Crippen molar-refractivity contribution in [1.29, 1.82) is 0 Å². The van der Waals surface area contributed by atoms with Gasteiger partial charge in [-0.2, -0.15) is 0 Å². The summed E-state index contributed by atoms with van der Waals surface area (Å²) in [4.78, 5) is 4.86. The van der Waals surface area contributed by atoms with E-state index in [-0.39, 0.29) is 0 Å². The van der Waals surface area contributed by atoms with Crippen LogP contribution in [0.15, 0.2) is 449 Å². The van der Waals surface area contributed by atoms with Crippen LogP contribution in [0.25, 0.3) is 186 Å². The minimum absolute atomic E-state index is 1.03. The molecule has 0 spiro atoms. The maximum Gasteiger partial charge on any atom is 0.0541 e. The smallest absolute Gasteiger partial charge is 0.0541 e. The number of rotatable bonds is 14. The Morgan fingerprint density at radius 1 is 0.144 bits per heavy atom. The molecule has 4 nitrogen and oxygen atoms in total. The molecule has 23 aromatic rings. The molecule has 0 fully saturated rings. The molecule has 0 aliphatic heterocycles. The first-order valence-electron chi connectivity index (χ1n) is 40.7. The summed E-state index contributed by atoms with van der Waals surface area (Å²) in [5, 5.41) is 19.5. The summed E-state index contributed by atoms with van der Waals surface area (Å²) in [6.07, 6.45) is 0. The van der Waals surface area contributed by atoms with Gasteiger partial charge in [0.15, 0.2) is 0 Å².